The van der Waals surface area contributed by atoms with Crippen LogP contribution in [0.15, 0.2) is 18.3 Å². The minimum atomic E-state index is 0.0940. The van der Waals surface area contributed by atoms with Gasteiger partial charge in [-0.3, -0.25) is 4.57 Å². The van der Waals surface area contributed by atoms with Crippen molar-refractivity contribution in [3.8, 4) is 0 Å². The molecule has 0 spiro atoms. The predicted molar refractivity (Wildman–Crippen MR) is 79.2 cm³/mol. The van der Waals surface area contributed by atoms with Crippen molar-refractivity contribution in [2.45, 2.75) is 44.2 Å². The van der Waals surface area contributed by atoms with E-state index in [1.165, 1.54) is 6.42 Å². The van der Waals surface area contributed by atoms with E-state index in [0.717, 1.165) is 62.5 Å². The summed E-state index contributed by atoms with van der Waals surface area (Å²) in [4.78, 5) is 9.44. The van der Waals surface area contributed by atoms with Crippen LogP contribution in [-0.2, 0) is 9.47 Å². The molecule has 5 nitrogen and oxygen atoms in total. The Morgan fingerprint density at radius 2 is 2.00 bits per heavy atom. The quantitative estimate of drug-likeness (QED) is 0.852. The average Bonchev–Trinajstić information content (AvgIpc) is 2.96. The Morgan fingerprint density at radius 3 is 2.81 bits per heavy atom. The van der Waals surface area contributed by atoms with Gasteiger partial charge in [0.05, 0.1) is 0 Å². The fourth-order valence-corrected chi connectivity index (χ4v) is 3.40. The summed E-state index contributed by atoms with van der Waals surface area (Å²) in [6.07, 6.45) is 7.44. The standard InChI is InChI=1S/C16H21N3O2/c1-2-9-21-14(5-1)19-15(12-6-10-20-11-7-12)18-13-4-3-8-17-16(13)19/h3-4,8,12,14H,1-2,5-7,9-11H2. The van der Waals surface area contributed by atoms with E-state index in [4.69, 9.17) is 14.5 Å². The van der Waals surface area contributed by atoms with Gasteiger partial charge in [0.25, 0.3) is 0 Å². The summed E-state index contributed by atoms with van der Waals surface area (Å²) in [5.74, 6) is 1.59. The Labute approximate surface area is 124 Å². The number of fused-ring (bicyclic) bond motifs is 1. The third-order valence-corrected chi connectivity index (χ3v) is 4.51. The highest BCUT2D eigenvalue weighted by Gasteiger charge is 2.28. The van der Waals surface area contributed by atoms with Crippen LogP contribution in [0.2, 0.25) is 0 Å². The van der Waals surface area contributed by atoms with Crippen molar-refractivity contribution < 1.29 is 9.47 Å². The normalized spacial score (nSPS) is 24.5. The van der Waals surface area contributed by atoms with Crippen LogP contribution in [0.5, 0.6) is 0 Å². The number of pyridine rings is 1. The Bertz CT molecular complexity index is 613. The van der Waals surface area contributed by atoms with Crippen molar-refractivity contribution in [3.63, 3.8) is 0 Å². The zero-order valence-corrected chi connectivity index (χ0v) is 12.2. The summed E-state index contributed by atoms with van der Waals surface area (Å²) in [5.41, 5.74) is 1.94. The van der Waals surface area contributed by atoms with Crippen LogP contribution in [0, 0.1) is 0 Å². The van der Waals surface area contributed by atoms with Crippen molar-refractivity contribution in [2.75, 3.05) is 19.8 Å². The lowest BCUT2D eigenvalue weighted by molar-refractivity contribution is -0.0330. The van der Waals surface area contributed by atoms with Gasteiger partial charge in [-0.2, -0.15) is 0 Å². The number of rotatable bonds is 2. The molecule has 0 aliphatic carbocycles. The fourth-order valence-electron chi connectivity index (χ4n) is 3.40. The van der Waals surface area contributed by atoms with E-state index in [2.05, 4.69) is 9.55 Å². The highest BCUT2D eigenvalue weighted by atomic mass is 16.5. The van der Waals surface area contributed by atoms with Crippen molar-refractivity contribution in [3.05, 3.63) is 24.2 Å². The maximum atomic E-state index is 6.01. The van der Waals surface area contributed by atoms with Crippen LogP contribution in [0.4, 0.5) is 0 Å². The second kappa shape index (κ2) is 5.73. The molecule has 2 aromatic rings. The van der Waals surface area contributed by atoms with E-state index in [1.807, 2.05) is 18.3 Å². The average molecular weight is 287 g/mol. The summed E-state index contributed by atoms with van der Waals surface area (Å²) >= 11 is 0. The molecule has 2 fully saturated rings. The minimum Gasteiger partial charge on any atom is -0.381 e. The smallest absolute Gasteiger partial charge is 0.162 e. The fraction of sp³-hybridized carbons (Fsp3) is 0.625. The van der Waals surface area contributed by atoms with Gasteiger partial charge < -0.3 is 9.47 Å². The molecule has 0 N–H and O–H groups in total. The molecular formula is C16H21N3O2. The molecule has 1 unspecified atom stereocenters. The van der Waals surface area contributed by atoms with Crippen LogP contribution in [-0.4, -0.2) is 34.4 Å². The molecule has 5 heteroatoms. The molecule has 0 saturated carbocycles. The second-order valence-corrected chi connectivity index (χ2v) is 5.89. The first kappa shape index (κ1) is 13.2. The van der Waals surface area contributed by atoms with Gasteiger partial charge in [-0.15, -0.1) is 0 Å². The topological polar surface area (TPSA) is 49.2 Å². The Morgan fingerprint density at radius 1 is 1.10 bits per heavy atom. The van der Waals surface area contributed by atoms with Gasteiger partial charge in [-0.05, 0) is 44.2 Å². The van der Waals surface area contributed by atoms with Gasteiger partial charge in [0.1, 0.15) is 17.6 Å². The molecule has 4 heterocycles. The Hall–Kier alpha value is -1.46. The lowest BCUT2D eigenvalue weighted by atomic mass is 9.99. The van der Waals surface area contributed by atoms with Crippen molar-refractivity contribution >= 4 is 11.2 Å². The number of nitrogens with zero attached hydrogens (tertiary/aromatic N) is 3. The molecule has 2 aromatic heterocycles. The largest absolute Gasteiger partial charge is 0.381 e. The molecule has 2 saturated heterocycles. The maximum Gasteiger partial charge on any atom is 0.162 e. The molecule has 0 aromatic carbocycles. The summed E-state index contributed by atoms with van der Waals surface area (Å²) in [5, 5.41) is 0. The Kier molecular flexibility index (Phi) is 3.61. The Balaban J connectivity index is 1.79. The molecule has 4 rings (SSSR count). The SMILES string of the molecule is c1cnc2c(c1)nc(C1CCOCC1)n2C1CCCCO1. The summed E-state index contributed by atoms with van der Waals surface area (Å²) in [7, 11) is 0. The van der Waals surface area contributed by atoms with Crippen molar-refractivity contribution in [1.29, 1.82) is 0 Å². The number of hydrogen-bond donors (Lipinski definition) is 0. The lowest BCUT2D eigenvalue weighted by Gasteiger charge is -2.29. The first-order chi connectivity index (χ1) is 10.4. The molecule has 112 valence electrons. The van der Waals surface area contributed by atoms with E-state index in [1.54, 1.807) is 0 Å². The zero-order chi connectivity index (χ0) is 14.1. The first-order valence-corrected chi connectivity index (χ1v) is 7.95. The number of ether oxygens (including phenoxy) is 2. The van der Waals surface area contributed by atoms with Crippen LogP contribution in [0.3, 0.4) is 0 Å². The van der Waals surface area contributed by atoms with Gasteiger partial charge in [-0.25, -0.2) is 9.97 Å². The zero-order valence-electron chi connectivity index (χ0n) is 12.2. The molecule has 0 bridgehead atoms. The molecular weight excluding hydrogens is 266 g/mol. The van der Waals surface area contributed by atoms with Crippen molar-refractivity contribution in [2.24, 2.45) is 0 Å². The third kappa shape index (κ3) is 2.45. The van der Waals surface area contributed by atoms with Crippen LogP contribution in [0.25, 0.3) is 11.2 Å². The van der Waals surface area contributed by atoms with E-state index >= 15 is 0 Å². The number of aromatic nitrogens is 3. The molecule has 2 aliphatic heterocycles. The van der Waals surface area contributed by atoms with Crippen LogP contribution < -0.4 is 0 Å². The number of hydrogen-bond acceptors (Lipinski definition) is 4. The molecule has 2 aliphatic rings. The summed E-state index contributed by atoms with van der Waals surface area (Å²) in [6.45, 7) is 2.49. The molecule has 1 atom stereocenters. The van der Waals surface area contributed by atoms with Gasteiger partial charge in [-0.1, -0.05) is 0 Å². The summed E-state index contributed by atoms with van der Waals surface area (Å²) < 4.78 is 13.8. The number of imidazole rings is 1. The highest BCUT2D eigenvalue weighted by Crippen LogP contribution is 2.34. The second-order valence-electron chi connectivity index (χ2n) is 5.89. The third-order valence-electron chi connectivity index (χ3n) is 4.51. The van der Waals surface area contributed by atoms with E-state index in [-0.39, 0.29) is 6.23 Å². The maximum absolute atomic E-state index is 6.01. The van der Waals surface area contributed by atoms with Gasteiger partial charge in [0, 0.05) is 31.9 Å². The highest BCUT2D eigenvalue weighted by molar-refractivity contribution is 5.71. The lowest BCUT2D eigenvalue weighted by Crippen LogP contribution is -2.24. The van der Waals surface area contributed by atoms with Crippen molar-refractivity contribution in [1.82, 2.24) is 14.5 Å². The summed E-state index contributed by atoms with van der Waals surface area (Å²) in [6, 6.07) is 4.00. The first-order valence-electron chi connectivity index (χ1n) is 7.95. The molecule has 0 amide bonds. The van der Waals surface area contributed by atoms with Gasteiger partial charge in [0.2, 0.25) is 0 Å². The van der Waals surface area contributed by atoms with E-state index in [0.29, 0.717) is 5.92 Å². The monoisotopic (exact) mass is 287 g/mol. The van der Waals surface area contributed by atoms with E-state index in [9.17, 15) is 0 Å². The van der Waals surface area contributed by atoms with Gasteiger partial charge in [0.15, 0.2) is 5.65 Å². The molecule has 0 radical (unpaired) electrons. The van der Waals surface area contributed by atoms with Gasteiger partial charge >= 0.3 is 0 Å². The van der Waals surface area contributed by atoms with E-state index < -0.39 is 0 Å². The minimum absolute atomic E-state index is 0.0940. The van der Waals surface area contributed by atoms with Crippen LogP contribution >= 0.6 is 0 Å². The predicted octanol–water partition coefficient (Wildman–Crippen LogP) is 3.02. The molecule has 21 heavy (non-hydrogen) atoms. The van der Waals surface area contributed by atoms with Crippen LogP contribution in [0.1, 0.15) is 50.1 Å².